The molecule has 1 aromatic heterocycles. The number of amides is 1. The number of methoxy groups -OCH3 is 2. The van der Waals surface area contributed by atoms with Gasteiger partial charge in [0.2, 0.25) is 0 Å². The Morgan fingerprint density at radius 2 is 1.81 bits per heavy atom. The maximum absolute atomic E-state index is 12.8. The molecule has 8 heteroatoms. The van der Waals surface area contributed by atoms with E-state index >= 15 is 0 Å². The van der Waals surface area contributed by atoms with Crippen LogP contribution >= 0.6 is 0 Å². The third-order valence-electron chi connectivity index (χ3n) is 5.14. The van der Waals surface area contributed by atoms with E-state index in [1.54, 1.807) is 19.2 Å². The summed E-state index contributed by atoms with van der Waals surface area (Å²) in [5.74, 6) is 1.86. The highest BCUT2D eigenvalue weighted by Crippen LogP contribution is 2.31. The van der Waals surface area contributed by atoms with Gasteiger partial charge in [-0.2, -0.15) is 0 Å². The van der Waals surface area contributed by atoms with Crippen molar-refractivity contribution in [3.63, 3.8) is 0 Å². The molecule has 0 aliphatic rings. The second-order valence-corrected chi connectivity index (χ2v) is 7.57. The Morgan fingerprint density at radius 3 is 2.44 bits per heavy atom. The minimum atomic E-state index is -0.302. The topological polar surface area (TPSA) is 103 Å². The number of ether oxygens (including phenoxy) is 3. The highest BCUT2D eigenvalue weighted by Gasteiger charge is 2.15. The molecule has 0 saturated carbocycles. The van der Waals surface area contributed by atoms with E-state index in [1.165, 1.54) is 7.11 Å². The average Bonchev–Trinajstić information content (AvgIpc) is 2.77. The minimum absolute atomic E-state index is 0.0462. The quantitative estimate of drug-likeness (QED) is 0.495. The van der Waals surface area contributed by atoms with Gasteiger partial charge in [0.15, 0.2) is 6.61 Å². The van der Waals surface area contributed by atoms with Crippen LogP contribution in [0, 0.1) is 13.8 Å². The third-order valence-corrected chi connectivity index (χ3v) is 5.14. The molecule has 1 heterocycles. The molecule has 1 amide bonds. The lowest BCUT2D eigenvalue weighted by Gasteiger charge is -2.14. The van der Waals surface area contributed by atoms with Crippen LogP contribution in [-0.2, 0) is 4.79 Å². The highest BCUT2D eigenvalue weighted by atomic mass is 16.5. The summed E-state index contributed by atoms with van der Waals surface area (Å²) in [4.78, 5) is 32.2. The Labute approximate surface area is 186 Å². The molecule has 170 valence electrons. The van der Waals surface area contributed by atoms with Gasteiger partial charge in [-0.3, -0.25) is 9.59 Å². The first-order chi connectivity index (χ1) is 15.4. The molecule has 0 radical (unpaired) electrons. The number of benzene rings is 2. The molecule has 2 aromatic carbocycles. The van der Waals surface area contributed by atoms with Gasteiger partial charge in [0.1, 0.15) is 28.5 Å². The van der Waals surface area contributed by atoms with Gasteiger partial charge in [-0.1, -0.05) is 13.3 Å². The number of nitrogens with one attached hydrogen (secondary N) is 2. The van der Waals surface area contributed by atoms with Gasteiger partial charge in [-0.25, -0.2) is 4.98 Å². The lowest BCUT2D eigenvalue weighted by Crippen LogP contribution is -2.29. The van der Waals surface area contributed by atoms with Gasteiger partial charge < -0.3 is 24.5 Å². The van der Waals surface area contributed by atoms with Crippen molar-refractivity contribution in [2.45, 2.75) is 33.6 Å². The van der Waals surface area contributed by atoms with E-state index in [0.717, 1.165) is 29.5 Å². The number of H-pyrrole nitrogens is 1. The van der Waals surface area contributed by atoms with Crippen LogP contribution in [0.5, 0.6) is 17.2 Å². The number of aryl methyl sites for hydroxylation is 2. The number of carbonyl (C=O) groups is 1. The molecule has 0 saturated heterocycles. The van der Waals surface area contributed by atoms with Crippen LogP contribution in [-0.4, -0.2) is 43.2 Å². The predicted molar refractivity (Wildman–Crippen MR) is 124 cm³/mol. The smallest absolute Gasteiger partial charge is 0.262 e. The average molecular weight is 440 g/mol. The van der Waals surface area contributed by atoms with Gasteiger partial charge in [-0.15, -0.1) is 0 Å². The Balaban J connectivity index is 1.92. The number of fused-ring (bicyclic) bond motifs is 1. The normalized spacial score (nSPS) is 10.8. The molecule has 8 nitrogen and oxygen atoms in total. The number of aromatic nitrogens is 2. The van der Waals surface area contributed by atoms with Crippen LogP contribution in [0.4, 0.5) is 0 Å². The van der Waals surface area contributed by atoms with Crippen LogP contribution in [0.2, 0.25) is 0 Å². The van der Waals surface area contributed by atoms with Gasteiger partial charge in [0, 0.05) is 24.2 Å². The van der Waals surface area contributed by atoms with E-state index in [9.17, 15) is 9.59 Å². The molecule has 0 spiro atoms. The first-order valence-corrected chi connectivity index (χ1v) is 10.5. The SMILES string of the molecule is CCCCNC(=O)COc1c(C)cc(-c2nc3cc(OC)cc(OC)c3c(=O)[nH]2)cc1C. The monoisotopic (exact) mass is 439 g/mol. The van der Waals surface area contributed by atoms with Crippen molar-refractivity contribution in [2.75, 3.05) is 27.4 Å². The van der Waals surface area contributed by atoms with Crippen molar-refractivity contribution in [3.05, 3.63) is 45.7 Å². The van der Waals surface area contributed by atoms with E-state index in [1.807, 2.05) is 26.0 Å². The predicted octanol–water partition coefficient (Wildman–Crippen LogP) is 3.52. The molecular formula is C24H29N3O5. The molecule has 0 unspecified atom stereocenters. The van der Waals surface area contributed by atoms with Crippen molar-refractivity contribution in [3.8, 4) is 28.6 Å². The summed E-state index contributed by atoms with van der Waals surface area (Å²) in [6.07, 6.45) is 1.96. The molecule has 0 aliphatic heterocycles. The zero-order valence-electron chi connectivity index (χ0n) is 19.1. The van der Waals surface area contributed by atoms with Crippen molar-refractivity contribution >= 4 is 16.8 Å². The molecule has 0 bridgehead atoms. The van der Waals surface area contributed by atoms with Crippen molar-refractivity contribution in [1.82, 2.24) is 15.3 Å². The number of nitrogens with zero attached hydrogens (tertiary/aromatic N) is 1. The Morgan fingerprint density at radius 1 is 1.09 bits per heavy atom. The van der Waals surface area contributed by atoms with E-state index in [4.69, 9.17) is 14.2 Å². The number of unbranched alkanes of at least 4 members (excludes halogenated alkanes) is 1. The molecule has 2 N–H and O–H groups in total. The zero-order valence-corrected chi connectivity index (χ0v) is 19.1. The van der Waals surface area contributed by atoms with Crippen LogP contribution in [0.3, 0.4) is 0 Å². The van der Waals surface area contributed by atoms with Crippen molar-refractivity contribution in [1.29, 1.82) is 0 Å². The fourth-order valence-corrected chi connectivity index (χ4v) is 3.53. The Hall–Kier alpha value is -3.55. The number of aromatic amines is 1. The largest absolute Gasteiger partial charge is 0.497 e. The summed E-state index contributed by atoms with van der Waals surface area (Å²) >= 11 is 0. The standard InChI is InChI=1S/C24H29N3O5/c1-6-7-8-25-20(28)13-32-22-14(2)9-16(10-15(22)3)23-26-18-11-17(30-4)12-19(31-5)21(18)24(29)27-23/h9-12H,6-8,13H2,1-5H3,(H,25,28)(H,26,27,29). The maximum Gasteiger partial charge on any atom is 0.262 e. The minimum Gasteiger partial charge on any atom is -0.497 e. The molecule has 0 fully saturated rings. The molecule has 0 aliphatic carbocycles. The number of hydrogen-bond donors (Lipinski definition) is 2. The number of hydrogen-bond acceptors (Lipinski definition) is 6. The fourth-order valence-electron chi connectivity index (χ4n) is 3.53. The van der Waals surface area contributed by atoms with Crippen molar-refractivity contribution < 1.29 is 19.0 Å². The van der Waals surface area contributed by atoms with E-state index in [0.29, 0.717) is 40.5 Å². The Kier molecular flexibility index (Phi) is 7.35. The summed E-state index contributed by atoms with van der Waals surface area (Å²) in [6, 6.07) is 7.10. The van der Waals surface area contributed by atoms with Crippen molar-refractivity contribution in [2.24, 2.45) is 0 Å². The molecule has 3 aromatic rings. The van der Waals surface area contributed by atoms with Crippen LogP contribution < -0.4 is 25.1 Å². The lowest BCUT2D eigenvalue weighted by atomic mass is 10.0. The molecule has 3 rings (SSSR count). The second-order valence-electron chi connectivity index (χ2n) is 7.57. The third kappa shape index (κ3) is 5.01. The fraction of sp³-hybridized carbons (Fsp3) is 0.375. The lowest BCUT2D eigenvalue weighted by molar-refractivity contribution is -0.123. The Bertz CT molecular complexity index is 1160. The van der Waals surface area contributed by atoms with Crippen LogP contribution in [0.1, 0.15) is 30.9 Å². The molecule has 0 atom stereocenters. The summed E-state index contributed by atoms with van der Waals surface area (Å²) in [5.41, 5.74) is 2.59. The van der Waals surface area contributed by atoms with Gasteiger partial charge in [0.25, 0.3) is 11.5 Å². The summed E-state index contributed by atoms with van der Waals surface area (Å²) in [7, 11) is 3.04. The van der Waals surface area contributed by atoms with Gasteiger partial charge >= 0.3 is 0 Å². The second kappa shape index (κ2) is 10.2. The summed E-state index contributed by atoms with van der Waals surface area (Å²) in [5, 5.41) is 3.20. The van der Waals surface area contributed by atoms with Gasteiger partial charge in [-0.05, 0) is 43.5 Å². The zero-order chi connectivity index (χ0) is 23.3. The van der Waals surface area contributed by atoms with E-state index < -0.39 is 0 Å². The number of rotatable bonds is 9. The van der Waals surface area contributed by atoms with Crippen LogP contribution in [0.25, 0.3) is 22.3 Å². The summed E-state index contributed by atoms with van der Waals surface area (Å²) in [6.45, 7) is 6.46. The number of carbonyl (C=O) groups excluding carboxylic acids is 1. The molecule has 32 heavy (non-hydrogen) atoms. The maximum atomic E-state index is 12.8. The first kappa shape index (κ1) is 23.1. The highest BCUT2D eigenvalue weighted by molar-refractivity contribution is 5.87. The van der Waals surface area contributed by atoms with Gasteiger partial charge in [0.05, 0.1) is 19.7 Å². The molecular weight excluding hydrogens is 410 g/mol. The van der Waals surface area contributed by atoms with Crippen LogP contribution in [0.15, 0.2) is 29.1 Å². The first-order valence-electron chi connectivity index (χ1n) is 10.5. The van der Waals surface area contributed by atoms with E-state index in [2.05, 4.69) is 22.2 Å². The summed E-state index contributed by atoms with van der Waals surface area (Å²) < 4.78 is 16.4. The van der Waals surface area contributed by atoms with E-state index in [-0.39, 0.29) is 18.1 Å².